The van der Waals surface area contributed by atoms with Crippen molar-refractivity contribution in [3.63, 3.8) is 0 Å². The van der Waals surface area contributed by atoms with Crippen LogP contribution in [0.4, 0.5) is 0 Å². The van der Waals surface area contributed by atoms with Gasteiger partial charge in [0.15, 0.2) is 5.60 Å². The van der Waals surface area contributed by atoms with Crippen LogP contribution in [-0.4, -0.2) is 29.9 Å². The largest absolute Gasteiger partial charge is 0.449 e. The minimum Gasteiger partial charge on any atom is -0.449 e. The van der Waals surface area contributed by atoms with Crippen molar-refractivity contribution >= 4 is 11.9 Å². The van der Waals surface area contributed by atoms with Gasteiger partial charge in [-0.2, -0.15) is 0 Å². The Morgan fingerprint density at radius 3 is 2.44 bits per heavy atom. The number of esters is 1. The summed E-state index contributed by atoms with van der Waals surface area (Å²) in [5.41, 5.74) is 1.65. The van der Waals surface area contributed by atoms with E-state index < -0.39 is 5.60 Å². The van der Waals surface area contributed by atoms with Gasteiger partial charge in [-0.25, -0.2) is 4.79 Å². The molecule has 1 saturated heterocycles. The van der Waals surface area contributed by atoms with Gasteiger partial charge in [0.2, 0.25) is 5.91 Å². The Hall–Kier alpha value is -2.62. The summed E-state index contributed by atoms with van der Waals surface area (Å²) < 4.78 is 5.77. The van der Waals surface area contributed by atoms with Gasteiger partial charge in [-0.15, -0.1) is 0 Å². The number of hydrogen-bond acceptors (Lipinski definition) is 3. The van der Waals surface area contributed by atoms with Crippen LogP contribution in [-0.2, 0) is 20.5 Å². The van der Waals surface area contributed by atoms with E-state index >= 15 is 0 Å². The summed E-state index contributed by atoms with van der Waals surface area (Å²) in [6, 6.07) is 17.6. The van der Waals surface area contributed by atoms with Crippen molar-refractivity contribution in [3.05, 3.63) is 71.3 Å². The van der Waals surface area contributed by atoms with Crippen molar-refractivity contribution in [1.82, 2.24) is 4.90 Å². The molecule has 126 valence electrons. The minimum absolute atomic E-state index is 0.177. The highest BCUT2D eigenvalue weighted by molar-refractivity contribution is 5.95. The van der Waals surface area contributed by atoms with Crippen LogP contribution in [0.3, 0.4) is 0 Å². The summed E-state index contributed by atoms with van der Waals surface area (Å²) in [7, 11) is 0. The van der Waals surface area contributed by atoms with Crippen LogP contribution in [0.15, 0.2) is 54.6 Å². The van der Waals surface area contributed by atoms with Gasteiger partial charge in [-0.3, -0.25) is 4.79 Å². The molecule has 1 atom stereocenters. The van der Waals surface area contributed by atoms with E-state index in [9.17, 15) is 9.59 Å². The molecule has 2 aliphatic heterocycles. The Morgan fingerprint density at radius 1 is 0.960 bits per heavy atom. The zero-order valence-corrected chi connectivity index (χ0v) is 13.9. The Labute approximate surface area is 146 Å². The first-order valence-corrected chi connectivity index (χ1v) is 8.82. The Bertz CT molecular complexity index is 872. The minimum atomic E-state index is -0.657. The second-order valence-electron chi connectivity index (χ2n) is 7.35. The lowest BCUT2D eigenvalue weighted by Gasteiger charge is -2.26. The molecule has 1 amide bonds. The third kappa shape index (κ3) is 2.00. The number of ether oxygens (including phenoxy) is 1. The van der Waals surface area contributed by atoms with Crippen molar-refractivity contribution in [2.24, 2.45) is 0 Å². The summed E-state index contributed by atoms with van der Waals surface area (Å²) in [4.78, 5) is 27.4. The Balaban J connectivity index is 1.44. The Kier molecular flexibility index (Phi) is 2.91. The van der Waals surface area contributed by atoms with E-state index in [-0.39, 0.29) is 17.3 Å². The van der Waals surface area contributed by atoms with Crippen LogP contribution < -0.4 is 0 Å². The van der Waals surface area contributed by atoms with Crippen molar-refractivity contribution < 1.29 is 14.3 Å². The quantitative estimate of drug-likeness (QED) is 0.794. The second kappa shape index (κ2) is 4.94. The van der Waals surface area contributed by atoms with Crippen LogP contribution in [0.5, 0.6) is 0 Å². The van der Waals surface area contributed by atoms with Crippen molar-refractivity contribution in [1.29, 1.82) is 0 Å². The molecule has 2 heterocycles. The summed E-state index contributed by atoms with van der Waals surface area (Å²) in [5, 5.41) is 0. The highest BCUT2D eigenvalue weighted by Crippen LogP contribution is 2.51. The molecule has 2 aromatic carbocycles. The number of amides is 1. The van der Waals surface area contributed by atoms with E-state index in [1.807, 2.05) is 59.5 Å². The van der Waals surface area contributed by atoms with Gasteiger partial charge in [0.05, 0.1) is 17.5 Å². The lowest BCUT2D eigenvalue weighted by atomic mass is 9.91. The molecule has 5 rings (SSSR count). The molecule has 1 aliphatic carbocycles. The summed E-state index contributed by atoms with van der Waals surface area (Å²) in [5.74, 6) is -0.0925. The molecular formula is C21H19NO3. The standard InChI is InChI=1S/C21H19NO3/c23-18-16-8-4-5-9-17(16)21(25-18)12-13-22(14-21)19(24)20(10-11-20)15-6-2-1-3-7-15/h1-9H,10-14H2/t21-/m0/s1. The Morgan fingerprint density at radius 2 is 1.68 bits per heavy atom. The van der Waals surface area contributed by atoms with Crippen LogP contribution in [0, 0.1) is 0 Å². The predicted molar refractivity (Wildman–Crippen MR) is 92.1 cm³/mol. The molecule has 2 fully saturated rings. The van der Waals surface area contributed by atoms with Crippen LogP contribution in [0.1, 0.15) is 40.7 Å². The first-order valence-electron chi connectivity index (χ1n) is 8.82. The number of likely N-dealkylation sites (tertiary alicyclic amines) is 1. The maximum Gasteiger partial charge on any atom is 0.339 e. The maximum absolute atomic E-state index is 13.2. The normalized spacial score (nSPS) is 25.8. The van der Waals surface area contributed by atoms with E-state index in [4.69, 9.17) is 4.74 Å². The van der Waals surface area contributed by atoms with E-state index in [0.29, 0.717) is 25.1 Å². The van der Waals surface area contributed by atoms with Crippen molar-refractivity contribution in [3.8, 4) is 0 Å². The SMILES string of the molecule is O=C1O[C@]2(CCN(C(=O)C3(c4ccccc4)CC3)C2)c2ccccc21. The second-order valence-corrected chi connectivity index (χ2v) is 7.35. The van der Waals surface area contributed by atoms with Crippen molar-refractivity contribution in [2.75, 3.05) is 13.1 Å². The maximum atomic E-state index is 13.2. The fourth-order valence-electron chi connectivity index (χ4n) is 4.42. The average Bonchev–Trinajstić information content (AvgIpc) is 3.29. The van der Waals surface area contributed by atoms with Crippen LogP contribution in [0.2, 0.25) is 0 Å². The topological polar surface area (TPSA) is 46.6 Å². The van der Waals surface area contributed by atoms with Crippen LogP contribution in [0.25, 0.3) is 0 Å². The average molecular weight is 333 g/mol. The first-order chi connectivity index (χ1) is 12.1. The molecule has 0 unspecified atom stereocenters. The number of carbonyl (C=O) groups is 2. The molecule has 2 aromatic rings. The molecule has 0 N–H and O–H groups in total. The third-order valence-electron chi connectivity index (χ3n) is 5.93. The fraction of sp³-hybridized carbons (Fsp3) is 0.333. The van der Waals surface area contributed by atoms with E-state index in [0.717, 1.165) is 24.0 Å². The number of nitrogens with zero attached hydrogens (tertiary/aromatic N) is 1. The zero-order valence-electron chi connectivity index (χ0n) is 13.9. The van der Waals surface area contributed by atoms with Crippen LogP contribution >= 0.6 is 0 Å². The number of fused-ring (bicyclic) bond motifs is 2. The molecule has 0 aromatic heterocycles. The van der Waals surface area contributed by atoms with E-state index in [1.54, 1.807) is 0 Å². The molecule has 4 nitrogen and oxygen atoms in total. The molecule has 1 saturated carbocycles. The van der Waals surface area contributed by atoms with Gasteiger partial charge in [-0.1, -0.05) is 48.5 Å². The van der Waals surface area contributed by atoms with E-state index in [1.165, 1.54) is 0 Å². The molecule has 0 bridgehead atoms. The molecule has 25 heavy (non-hydrogen) atoms. The van der Waals surface area contributed by atoms with Gasteiger partial charge in [0, 0.05) is 18.5 Å². The van der Waals surface area contributed by atoms with Gasteiger partial charge in [-0.05, 0) is 24.5 Å². The fourth-order valence-corrected chi connectivity index (χ4v) is 4.42. The number of rotatable bonds is 2. The lowest BCUT2D eigenvalue weighted by molar-refractivity contribution is -0.134. The highest BCUT2D eigenvalue weighted by atomic mass is 16.6. The molecule has 3 aliphatic rings. The number of hydrogen-bond donors (Lipinski definition) is 0. The van der Waals surface area contributed by atoms with E-state index in [2.05, 4.69) is 0 Å². The molecule has 4 heteroatoms. The van der Waals surface area contributed by atoms with Gasteiger partial charge in [0.1, 0.15) is 0 Å². The van der Waals surface area contributed by atoms with Gasteiger partial charge < -0.3 is 9.64 Å². The molecule has 1 spiro atoms. The zero-order chi connectivity index (χ0) is 17.1. The highest BCUT2D eigenvalue weighted by Gasteiger charge is 2.57. The summed E-state index contributed by atoms with van der Waals surface area (Å²) in [6.07, 6.45) is 2.47. The number of carbonyl (C=O) groups excluding carboxylic acids is 2. The third-order valence-corrected chi connectivity index (χ3v) is 5.93. The predicted octanol–water partition coefficient (Wildman–Crippen LogP) is 3.02. The summed E-state index contributed by atoms with van der Waals surface area (Å²) in [6.45, 7) is 1.10. The molecule has 0 radical (unpaired) electrons. The van der Waals surface area contributed by atoms with Gasteiger partial charge >= 0.3 is 5.97 Å². The number of benzene rings is 2. The van der Waals surface area contributed by atoms with Gasteiger partial charge in [0.25, 0.3) is 0 Å². The van der Waals surface area contributed by atoms with Crippen molar-refractivity contribution in [2.45, 2.75) is 30.3 Å². The molecular weight excluding hydrogens is 314 g/mol. The summed E-state index contributed by atoms with van der Waals surface area (Å²) >= 11 is 0. The lowest BCUT2D eigenvalue weighted by Crippen LogP contribution is -2.40. The first kappa shape index (κ1) is 14.7. The monoisotopic (exact) mass is 333 g/mol. The smallest absolute Gasteiger partial charge is 0.339 e.